The Morgan fingerprint density at radius 3 is 2.53 bits per heavy atom. The number of hydrogen-bond acceptors (Lipinski definition) is 5. The molecule has 0 aliphatic carbocycles. The summed E-state index contributed by atoms with van der Waals surface area (Å²) in [6.07, 6.45) is 3.24. The number of amides is 2. The van der Waals surface area contributed by atoms with E-state index in [1.165, 1.54) is 21.6 Å². The highest BCUT2D eigenvalue weighted by molar-refractivity contribution is 7.90. The Bertz CT molecular complexity index is 1220. The number of carbonyl (C=O) groups excluding carboxylic acids is 2. The van der Waals surface area contributed by atoms with Gasteiger partial charge in [-0.05, 0) is 74.9 Å². The molecule has 1 fully saturated rings. The maximum atomic E-state index is 13.3. The first-order valence-electron chi connectivity index (χ1n) is 12.7. The maximum absolute atomic E-state index is 13.3. The Kier molecular flexibility index (Phi) is 8.15. The lowest BCUT2D eigenvalue weighted by Crippen LogP contribution is -2.49. The average molecular weight is 512 g/mol. The molecule has 0 radical (unpaired) electrons. The van der Waals surface area contributed by atoms with E-state index in [9.17, 15) is 18.0 Å². The van der Waals surface area contributed by atoms with Gasteiger partial charge in [0.15, 0.2) is 0 Å². The van der Waals surface area contributed by atoms with Crippen LogP contribution >= 0.6 is 0 Å². The smallest absolute Gasteiger partial charge is 0.255 e. The molecule has 0 saturated carbocycles. The molecule has 0 spiro atoms. The maximum Gasteiger partial charge on any atom is 0.255 e. The van der Waals surface area contributed by atoms with Gasteiger partial charge in [-0.1, -0.05) is 42.0 Å². The molecule has 7 nitrogen and oxygen atoms in total. The van der Waals surface area contributed by atoms with Crippen LogP contribution in [0.15, 0.2) is 42.5 Å². The summed E-state index contributed by atoms with van der Waals surface area (Å²) in [5.74, 6) is -0.246. The number of nitrogens with zero attached hydrogens (tertiary/aromatic N) is 2. The fourth-order valence-corrected chi connectivity index (χ4v) is 5.86. The van der Waals surface area contributed by atoms with Crippen LogP contribution in [0, 0.1) is 19.8 Å². The second-order valence-electron chi connectivity index (χ2n) is 10.4. The van der Waals surface area contributed by atoms with Crippen LogP contribution in [0.4, 0.5) is 0 Å². The number of piperidine rings is 1. The van der Waals surface area contributed by atoms with Gasteiger partial charge in [-0.3, -0.25) is 14.5 Å². The molecule has 2 heterocycles. The minimum absolute atomic E-state index is 0.0959. The van der Waals surface area contributed by atoms with Crippen LogP contribution in [0.25, 0.3) is 0 Å². The lowest BCUT2D eigenvalue weighted by Gasteiger charge is -2.33. The molecule has 194 valence electrons. The van der Waals surface area contributed by atoms with E-state index in [4.69, 9.17) is 0 Å². The molecule has 1 saturated heterocycles. The van der Waals surface area contributed by atoms with Gasteiger partial charge in [-0.25, -0.2) is 8.42 Å². The summed E-state index contributed by atoms with van der Waals surface area (Å²) < 4.78 is 23.7. The van der Waals surface area contributed by atoms with Crippen LogP contribution in [-0.4, -0.2) is 67.7 Å². The summed E-state index contributed by atoms with van der Waals surface area (Å²) in [5.41, 5.74) is 5.42. The molecule has 2 amide bonds. The predicted molar refractivity (Wildman–Crippen MR) is 141 cm³/mol. The Morgan fingerprint density at radius 2 is 1.83 bits per heavy atom. The number of sulfone groups is 1. The summed E-state index contributed by atoms with van der Waals surface area (Å²) in [4.78, 5) is 30.2. The van der Waals surface area contributed by atoms with Gasteiger partial charge in [0.25, 0.3) is 5.91 Å². The Labute approximate surface area is 214 Å². The van der Waals surface area contributed by atoms with Crippen molar-refractivity contribution in [2.45, 2.75) is 52.2 Å². The van der Waals surface area contributed by atoms with E-state index in [1.54, 1.807) is 12.1 Å². The normalized spacial score (nSPS) is 17.8. The molecular weight excluding hydrogens is 474 g/mol. The molecule has 1 N–H and O–H groups in total. The summed E-state index contributed by atoms with van der Waals surface area (Å²) in [6.45, 7) is 8.04. The molecule has 0 aromatic heterocycles. The monoisotopic (exact) mass is 511 g/mol. The minimum atomic E-state index is -3.26. The summed E-state index contributed by atoms with van der Waals surface area (Å²) in [7, 11) is -3.26. The fourth-order valence-electron chi connectivity index (χ4n) is 5.21. The van der Waals surface area contributed by atoms with Gasteiger partial charge in [0.05, 0.1) is 5.75 Å². The average Bonchev–Trinajstić information content (AvgIpc) is 3.16. The molecule has 2 aromatic carbocycles. The minimum Gasteiger partial charge on any atom is -0.354 e. The zero-order valence-corrected chi connectivity index (χ0v) is 22.3. The number of carbonyl (C=O) groups is 2. The van der Waals surface area contributed by atoms with Gasteiger partial charge < -0.3 is 10.2 Å². The largest absolute Gasteiger partial charge is 0.354 e. The van der Waals surface area contributed by atoms with Gasteiger partial charge in [0.1, 0.15) is 15.9 Å². The van der Waals surface area contributed by atoms with E-state index >= 15 is 0 Å². The van der Waals surface area contributed by atoms with E-state index < -0.39 is 15.9 Å². The Morgan fingerprint density at radius 1 is 1.11 bits per heavy atom. The molecule has 0 bridgehead atoms. The summed E-state index contributed by atoms with van der Waals surface area (Å²) >= 11 is 0. The van der Waals surface area contributed by atoms with Gasteiger partial charge >= 0.3 is 0 Å². The van der Waals surface area contributed by atoms with Crippen molar-refractivity contribution in [2.75, 3.05) is 31.6 Å². The van der Waals surface area contributed by atoms with Crippen molar-refractivity contribution in [2.24, 2.45) is 5.92 Å². The van der Waals surface area contributed by atoms with E-state index in [0.717, 1.165) is 44.3 Å². The first kappa shape index (κ1) is 26.4. The Hall–Kier alpha value is -2.71. The van der Waals surface area contributed by atoms with E-state index in [0.29, 0.717) is 24.6 Å². The van der Waals surface area contributed by atoms with Gasteiger partial charge in [0.2, 0.25) is 5.91 Å². The molecule has 2 aliphatic rings. The number of aryl methyl sites for hydroxylation is 2. The second-order valence-corrected chi connectivity index (χ2v) is 12.7. The zero-order chi connectivity index (χ0) is 25.9. The van der Waals surface area contributed by atoms with E-state index in [-0.39, 0.29) is 24.0 Å². The standard InChI is InChI=1S/C28H37N3O4S/c1-20-8-9-21(2)24(16-20)18-30-13-10-22(11-14-30)17-29-27(32)26(12-15-36(3,34)35)31-19-23-6-4-5-7-25(23)28(31)33/h4-9,16,22,26H,10-15,17-19H2,1-3H3,(H,29,32)/t26-/m1/s1. The van der Waals surface area contributed by atoms with Crippen LogP contribution in [-0.2, 0) is 27.7 Å². The zero-order valence-electron chi connectivity index (χ0n) is 21.5. The van der Waals surface area contributed by atoms with Crippen molar-refractivity contribution in [1.29, 1.82) is 0 Å². The van der Waals surface area contributed by atoms with Crippen LogP contribution in [0.3, 0.4) is 0 Å². The molecular formula is C28H37N3O4S. The number of hydrogen-bond donors (Lipinski definition) is 1. The van der Waals surface area contributed by atoms with E-state index in [1.807, 2.05) is 12.1 Å². The van der Waals surface area contributed by atoms with Crippen LogP contribution < -0.4 is 5.32 Å². The molecule has 4 rings (SSSR count). The number of likely N-dealkylation sites (tertiary alicyclic amines) is 1. The third-order valence-corrected chi connectivity index (χ3v) is 8.44. The first-order chi connectivity index (χ1) is 17.1. The van der Waals surface area contributed by atoms with Gasteiger partial charge in [-0.2, -0.15) is 0 Å². The molecule has 2 aromatic rings. The van der Waals surface area contributed by atoms with Crippen molar-refractivity contribution in [1.82, 2.24) is 15.1 Å². The topological polar surface area (TPSA) is 86.8 Å². The molecule has 36 heavy (non-hydrogen) atoms. The molecule has 8 heteroatoms. The first-order valence-corrected chi connectivity index (χ1v) is 14.8. The van der Waals surface area contributed by atoms with Crippen molar-refractivity contribution in [3.63, 3.8) is 0 Å². The molecule has 1 atom stereocenters. The quantitative estimate of drug-likeness (QED) is 0.559. The van der Waals surface area contributed by atoms with Crippen LogP contribution in [0.5, 0.6) is 0 Å². The summed E-state index contributed by atoms with van der Waals surface area (Å²) in [6, 6.07) is 13.1. The highest BCUT2D eigenvalue weighted by Gasteiger charge is 2.36. The van der Waals surface area contributed by atoms with Crippen LogP contribution in [0.2, 0.25) is 0 Å². The predicted octanol–water partition coefficient (Wildman–Crippen LogP) is 3.09. The van der Waals surface area contributed by atoms with Crippen molar-refractivity contribution in [3.8, 4) is 0 Å². The van der Waals surface area contributed by atoms with Crippen molar-refractivity contribution in [3.05, 3.63) is 70.3 Å². The third kappa shape index (κ3) is 6.53. The lowest BCUT2D eigenvalue weighted by atomic mass is 9.95. The lowest BCUT2D eigenvalue weighted by molar-refractivity contribution is -0.126. The fraction of sp³-hybridized carbons (Fsp3) is 0.500. The second kappa shape index (κ2) is 11.1. The third-order valence-electron chi connectivity index (χ3n) is 7.46. The van der Waals surface area contributed by atoms with E-state index in [2.05, 4.69) is 42.3 Å². The number of rotatable bonds is 9. The number of nitrogens with one attached hydrogen (secondary N) is 1. The Balaban J connectivity index is 1.33. The summed E-state index contributed by atoms with van der Waals surface area (Å²) in [5, 5.41) is 3.05. The van der Waals surface area contributed by atoms with Crippen molar-refractivity contribution >= 4 is 21.7 Å². The van der Waals surface area contributed by atoms with Gasteiger partial charge in [-0.15, -0.1) is 0 Å². The van der Waals surface area contributed by atoms with Gasteiger partial charge in [0, 0.05) is 31.5 Å². The van der Waals surface area contributed by atoms with Crippen molar-refractivity contribution < 1.29 is 18.0 Å². The highest BCUT2D eigenvalue weighted by atomic mass is 32.2. The number of fused-ring (bicyclic) bond motifs is 1. The number of benzene rings is 2. The highest BCUT2D eigenvalue weighted by Crippen LogP contribution is 2.26. The SMILES string of the molecule is Cc1ccc(C)c(CN2CCC(CNC(=O)[C@@H](CCS(C)(=O)=O)N3Cc4ccccc4C3=O)CC2)c1. The molecule has 0 unspecified atom stereocenters. The van der Waals surface area contributed by atoms with Crippen LogP contribution in [0.1, 0.15) is 51.9 Å². The molecule has 2 aliphatic heterocycles.